The Morgan fingerprint density at radius 3 is 2.72 bits per heavy atom. The van der Waals surface area contributed by atoms with Crippen LogP contribution in [0.15, 0.2) is 61.7 Å². The van der Waals surface area contributed by atoms with E-state index in [0.29, 0.717) is 38.4 Å². The molecule has 4 aliphatic rings. The second-order valence-electron chi connectivity index (χ2n) is 13.6. The van der Waals surface area contributed by atoms with Gasteiger partial charge in [-0.3, -0.25) is 4.79 Å². The zero-order valence-electron chi connectivity index (χ0n) is 26.6. The maximum atomic E-state index is 13.4. The molecule has 46 heavy (non-hydrogen) atoms. The van der Waals surface area contributed by atoms with Gasteiger partial charge in [-0.25, -0.2) is 4.79 Å². The SMILES string of the molecule is C=CC[C@H]1CCN1C(=O)CC(O)(C(=O)OC)c1ccc2c(c1)N(CC1CCC1C(O)C=C)CC1(CCCc3cc(Cl)ccc31)CO2. The number of hydrogen-bond donors (Lipinski definition) is 2. The topological polar surface area (TPSA) is 99.5 Å². The summed E-state index contributed by atoms with van der Waals surface area (Å²) in [5.41, 5.74) is 1.01. The molecule has 6 atom stereocenters. The Bertz CT molecular complexity index is 1510. The summed E-state index contributed by atoms with van der Waals surface area (Å²) >= 11 is 6.42. The summed E-state index contributed by atoms with van der Waals surface area (Å²) in [6, 6.07) is 11.4. The smallest absolute Gasteiger partial charge is 0.343 e. The van der Waals surface area contributed by atoms with Gasteiger partial charge in [0.15, 0.2) is 5.60 Å². The third kappa shape index (κ3) is 5.84. The van der Waals surface area contributed by atoms with Gasteiger partial charge in [-0.2, -0.15) is 0 Å². The fraction of sp³-hybridized carbons (Fsp3) is 0.514. The summed E-state index contributed by atoms with van der Waals surface area (Å²) in [5.74, 6) is -0.214. The molecule has 1 saturated heterocycles. The molecule has 2 aromatic rings. The first-order valence-corrected chi connectivity index (χ1v) is 16.8. The first kappa shape index (κ1) is 32.6. The van der Waals surface area contributed by atoms with E-state index in [1.165, 1.54) is 18.2 Å². The van der Waals surface area contributed by atoms with E-state index in [-0.39, 0.29) is 34.8 Å². The molecule has 2 aliphatic carbocycles. The number of ether oxygens (including phenoxy) is 2. The fourth-order valence-electron chi connectivity index (χ4n) is 8.09. The number of likely N-dealkylation sites (tertiary alicyclic amines) is 1. The molecule has 246 valence electrons. The van der Waals surface area contributed by atoms with Crippen LogP contribution in [-0.2, 0) is 31.8 Å². The highest BCUT2D eigenvalue weighted by Crippen LogP contribution is 2.47. The van der Waals surface area contributed by atoms with Gasteiger partial charge in [0.1, 0.15) is 5.75 Å². The lowest BCUT2D eigenvalue weighted by Gasteiger charge is -2.45. The van der Waals surface area contributed by atoms with Crippen LogP contribution in [0.4, 0.5) is 5.69 Å². The summed E-state index contributed by atoms with van der Waals surface area (Å²) in [6.07, 6.45) is 8.70. The third-order valence-electron chi connectivity index (χ3n) is 11.0. The number of amides is 1. The predicted octanol–water partition coefficient (Wildman–Crippen LogP) is 5.31. The van der Waals surface area contributed by atoms with Crippen molar-refractivity contribution < 1.29 is 29.3 Å². The molecule has 1 spiro atoms. The summed E-state index contributed by atoms with van der Waals surface area (Å²) < 4.78 is 11.7. The zero-order chi connectivity index (χ0) is 32.6. The van der Waals surface area contributed by atoms with E-state index >= 15 is 0 Å². The van der Waals surface area contributed by atoms with Crippen molar-refractivity contribution in [1.29, 1.82) is 0 Å². The maximum Gasteiger partial charge on any atom is 0.343 e. The summed E-state index contributed by atoms with van der Waals surface area (Å²) in [7, 11) is 1.22. The van der Waals surface area contributed by atoms with Gasteiger partial charge in [-0.15, -0.1) is 13.2 Å². The van der Waals surface area contributed by atoms with E-state index in [1.807, 2.05) is 6.07 Å². The number of aryl methyl sites for hydroxylation is 1. The van der Waals surface area contributed by atoms with Gasteiger partial charge >= 0.3 is 5.97 Å². The van der Waals surface area contributed by atoms with Crippen LogP contribution in [0.2, 0.25) is 5.02 Å². The normalized spacial score (nSPS) is 27.0. The van der Waals surface area contributed by atoms with E-state index in [2.05, 4.69) is 30.2 Å². The second kappa shape index (κ2) is 13.1. The Morgan fingerprint density at radius 2 is 2.04 bits per heavy atom. The molecular weight excluding hydrogens is 604 g/mol. The highest BCUT2D eigenvalue weighted by Gasteiger charge is 2.47. The summed E-state index contributed by atoms with van der Waals surface area (Å²) in [5, 5.41) is 23.4. The fourth-order valence-corrected chi connectivity index (χ4v) is 8.28. The van der Waals surface area contributed by atoms with Crippen molar-refractivity contribution >= 4 is 29.2 Å². The van der Waals surface area contributed by atoms with Crippen molar-refractivity contribution in [2.75, 3.05) is 38.3 Å². The van der Waals surface area contributed by atoms with Crippen LogP contribution in [0.1, 0.15) is 61.6 Å². The van der Waals surface area contributed by atoms with E-state index in [1.54, 1.807) is 35.3 Å². The van der Waals surface area contributed by atoms with E-state index < -0.39 is 24.1 Å². The molecule has 2 fully saturated rings. The number of anilines is 1. The van der Waals surface area contributed by atoms with Gasteiger partial charge in [0, 0.05) is 36.1 Å². The number of hydrogen-bond acceptors (Lipinski definition) is 7. The molecule has 8 nitrogen and oxygen atoms in total. The van der Waals surface area contributed by atoms with Crippen molar-refractivity contribution in [2.45, 2.75) is 74.5 Å². The third-order valence-corrected chi connectivity index (χ3v) is 11.2. The minimum atomic E-state index is -2.18. The van der Waals surface area contributed by atoms with Crippen LogP contribution in [0, 0.1) is 11.8 Å². The molecule has 1 saturated carbocycles. The molecule has 2 N–H and O–H groups in total. The van der Waals surface area contributed by atoms with E-state index in [4.69, 9.17) is 21.1 Å². The maximum absolute atomic E-state index is 13.4. The average Bonchev–Trinajstić information content (AvgIpc) is 3.17. The second-order valence-corrected chi connectivity index (χ2v) is 14.0. The molecule has 0 bridgehead atoms. The monoisotopic (exact) mass is 648 g/mol. The van der Waals surface area contributed by atoms with Crippen molar-refractivity contribution in [3.05, 3.63) is 83.4 Å². The molecule has 6 rings (SSSR count). The van der Waals surface area contributed by atoms with E-state index in [0.717, 1.165) is 49.2 Å². The van der Waals surface area contributed by atoms with Crippen molar-refractivity contribution in [3.63, 3.8) is 0 Å². The standard InChI is InChI=1S/C37H45ClN2O6/c1-4-7-28-15-17-40(28)34(42)20-37(44,35(43)45-3)26-10-14-33-31(19-26)39(21-25-9-12-29(25)32(41)5-2)22-36(23-46-33)16-6-8-24-18-27(38)11-13-30(24)36/h4-5,10-11,13-14,18-19,25,28-29,32,41,44H,1-2,6-9,12,15-17,20-23H2,3H3/t25?,28-,29?,32?,36?,37?/m0/s1. The van der Waals surface area contributed by atoms with Gasteiger partial charge in [-0.05, 0) is 97.7 Å². The van der Waals surface area contributed by atoms with Crippen LogP contribution in [0.5, 0.6) is 5.75 Å². The van der Waals surface area contributed by atoms with Crippen LogP contribution >= 0.6 is 11.6 Å². The molecular formula is C37H45ClN2O6. The molecule has 2 heterocycles. The lowest BCUT2D eigenvalue weighted by Crippen LogP contribution is -2.53. The van der Waals surface area contributed by atoms with Gasteiger partial charge in [-0.1, -0.05) is 35.9 Å². The first-order valence-electron chi connectivity index (χ1n) is 16.5. The van der Waals surface area contributed by atoms with Crippen molar-refractivity contribution in [3.8, 4) is 5.75 Å². The first-order chi connectivity index (χ1) is 22.1. The number of carbonyl (C=O) groups excluding carboxylic acids is 2. The lowest BCUT2D eigenvalue weighted by atomic mass is 9.68. The number of aliphatic hydroxyl groups excluding tert-OH is 1. The minimum Gasteiger partial charge on any atom is -0.490 e. The quantitative estimate of drug-likeness (QED) is 0.266. The molecule has 5 unspecified atom stereocenters. The molecule has 0 aromatic heterocycles. The van der Waals surface area contributed by atoms with Gasteiger partial charge in [0.2, 0.25) is 5.91 Å². The summed E-state index contributed by atoms with van der Waals surface area (Å²) in [6.45, 7) is 9.96. The Hall–Kier alpha value is -3.33. The Balaban J connectivity index is 1.38. The van der Waals surface area contributed by atoms with Gasteiger partial charge in [0.25, 0.3) is 0 Å². The number of carbonyl (C=O) groups is 2. The Kier molecular flexibility index (Phi) is 9.25. The molecule has 1 amide bonds. The van der Waals surface area contributed by atoms with Crippen molar-refractivity contribution in [2.24, 2.45) is 11.8 Å². The number of esters is 1. The number of benzene rings is 2. The summed E-state index contributed by atoms with van der Waals surface area (Å²) in [4.78, 5) is 30.7. The minimum absolute atomic E-state index is 0.0219. The van der Waals surface area contributed by atoms with Crippen molar-refractivity contribution in [1.82, 2.24) is 4.90 Å². The lowest BCUT2D eigenvalue weighted by molar-refractivity contribution is -0.169. The Labute approximate surface area is 276 Å². The van der Waals surface area contributed by atoms with Crippen LogP contribution in [0.25, 0.3) is 0 Å². The van der Waals surface area contributed by atoms with Gasteiger partial charge in [0.05, 0.1) is 31.9 Å². The Morgan fingerprint density at radius 1 is 1.22 bits per heavy atom. The van der Waals surface area contributed by atoms with Crippen LogP contribution < -0.4 is 9.64 Å². The highest BCUT2D eigenvalue weighted by molar-refractivity contribution is 6.30. The molecule has 9 heteroatoms. The molecule has 2 aromatic carbocycles. The zero-order valence-corrected chi connectivity index (χ0v) is 27.4. The number of rotatable bonds is 10. The van der Waals surface area contributed by atoms with E-state index in [9.17, 15) is 19.8 Å². The average molecular weight is 649 g/mol. The predicted molar refractivity (Wildman–Crippen MR) is 178 cm³/mol. The van der Waals surface area contributed by atoms with Crippen LogP contribution in [0.3, 0.4) is 0 Å². The number of fused-ring (bicyclic) bond motifs is 3. The van der Waals surface area contributed by atoms with Crippen LogP contribution in [-0.4, -0.2) is 72.5 Å². The molecule has 2 aliphatic heterocycles. The number of methoxy groups -OCH3 is 1. The number of aliphatic hydroxyl groups is 2. The van der Waals surface area contributed by atoms with Gasteiger partial charge < -0.3 is 29.5 Å². The largest absolute Gasteiger partial charge is 0.490 e. The highest BCUT2D eigenvalue weighted by atomic mass is 35.5. The molecule has 0 radical (unpaired) electrons. The number of nitrogens with zero attached hydrogens (tertiary/aromatic N) is 2. The number of halogens is 1.